The summed E-state index contributed by atoms with van der Waals surface area (Å²) >= 11 is 0. The van der Waals surface area contributed by atoms with Crippen LogP contribution >= 0.6 is 0 Å². The molecular weight excluding hydrogens is 212 g/mol. The second-order valence-corrected chi connectivity index (χ2v) is 3.15. The summed E-state index contributed by atoms with van der Waals surface area (Å²) in [6, 6.07) is 1.43. The summed E-state index contributed by atoms with van der Waals surface area (Å²) in [5.41, 5.74) is 6.00. The van der Waals surface area contributed by atoms with Crippen LogP contribution in [0.5, 0.6) is 0 Å². The number of nitrogens with two attached hydrogens (primary N) is 1. The SMILES string of the molecule is CCOC(=O)C(O)C(O)c1ccncc1N. The first kappa shape index (κ1) is 12.4. The summed E-state index contributed by atoms with van der Waals surface area (Å²) in [5, 5.41) is 19.2. The molecule has 0 saturated carbocycles. The van der Waals surface area contributed by atoms with Crippen molar-refractivity contribution in [1.29, 1.82) is 0 Å². The monoisotopic (exact) mass is 226 g/mol. The highest BCUT2D eigenvalue weighted by molar-refractivity contribution is 5.75. The molecule has 1 heterocycles. The van der Waals surface area contributed by atoms with Crippen molar-refractivity contribution in [2.75, 3.05) is 12.3 Å². The maximum Gasteiger partial charge on any atom is 0.338 e. The zero-order valence-corrected chi connectivity index (χ0v) is 8.83. The van der Waals surface area contributed by atoms with E-state index in [4.69, 9.17) is 5.73 Å². The second kappa shape index (κ2) is 5.43. The number of pyridine rings is 1. The highest BCUT2D eigenvalue weighted by atomic mass is 16.5. The van der Waals surface area contributed by atoms with E-state index in [0.29, 0.717) is 0 Å². The van der Waals surface area contributed by atoms with E-state index in [1.54, 1.807) is 6.92 Å². The van der Waals surface area contributed by atoms with Crippen molar-refractivity contribution in [1.82, 2.24) is 4.98 Å². The summed E-state index contributed by atoms with van der Waals surface area (Å²) in [5.74, 6) is -0.883. The number of carbonyl (C=O) groups is 1. The fourth-order valence-corrected chi connectivity index (χ4v) is 1.21. The second-order valence-electron chi connectivity index (χ2n) is 3.15. The van der Waals surface area contributed by atoms with Gasteiger partial charge < -0.3 is 20.7 Å². The van der Waals surface area contributed by atoms with Gasteiger partial charge in [-0.15, -0.1) is 0 Å². The van der Waals surface area contributed by atoms with Crippen LogP contribution in [0.15, 0.2) is 18.5 Å². The molecule has 0 saturated heterocycles. The Labute approximate surface area is 92.7 Å². The van der Waals surface area contributed by atoms with Gasteiger partial charge in [0.1, 0.15) is 6.10 Å². The number of ether oxygens (including phenoxy) is 1. The van der Waals surface area contributed by atoms with E-state index in [-0.39, 0.29) is 17.9 Å². The van der Waals surface area contributed by atoms with Crippen LogP contribution in [0.2, 0.25) is 0 Å². The van der Waals surface area contributed by atoms with Gasteiger partial charge in [0.25, 0.3) is 0 Å². The number of rotatable bonds is 4. The van der Waals surface area contributed by atoms with Crippen LogP contribution in [0.25, 0.3) is 0 Å². The molecule has 2 atom stereocenters. The van der Waals surface area contributed by atoms with E-state index in [2.05, 4.69) is 9.72 Å². The molecule has 0 radical (unpaired) electrons. The summed E-state index contributed by atoms with van der Waals surface area (Å²) in [7, 11) is 0. The minimum Gasteiger partial charge on any atom is -0.464 e. The quantitative estimate of drug-likeness (QED) is 0.604. The van der Waals surface area contributed by atoms with Gasteiger partial charge >= 0.3 is 5.97 Å². The van der Waals surface area contributed by atoms with Gasteiger partial charge in [-0.05, 0) is 13.0 Å². The van der Waals surface area contributed by atoms with Crippen LogP contribution < -0.4 is 5.73 Å². The number of carbonyl (C=O) groups excluding carboxylic acids is 1. The number of nitrogen functional groups attached to an aromatic ring is 1. The van der Waals surface area contributed by atoms with E-state index in [0.717, 1.165) is 0 Å². The van der Waals surface area contributed by atoms with E-state index in [1.807, 2.05) is 0 Å². The van der Waals surface area contributed by atoms with Crippen molar-refractivity contribution in [3.63, 3.8) is 0 Å². The molecule has 0 aliphatic carbocycles. The molecule has 0 spiro atoms. The molecule has 6 nitrogen and oxygen atoms in total. The van der Waals surface area contributed by atoms with Crippen LogP contribution in [-0.4, -0.2) is 33.9 Å². The number of hydrogen-bond donors (Lipinski definition) is 3. The van der Waals surface area contributed by atoms with Gasteiger partial charge in [-0.3, -0.25) is 4.98 Å². The topological polar surface area (TPSA) is 106 Å². The molecule has 0 bridgehead atoms. The lowest BCUT2D eigenvalue weighted by Gasteiger charge is -2.17. The minimum absolute atomic E-state index is 0.133. The van der Waals surface area contributed by atoms with Crippen LogP contribution in [0, 0.1) is 0 Å². The molecule has 2 unspecified atom stereocenters. The van der Waals surface area contributed by atoms with E-state index < -0.39 is 18.2 Å². The van der Waals surface area contributed by atoms with Crippen molar-refractivity contribution in [3.05, 3.63) is 24.0 Å². The van der Waals surface area contributed by atoms with Crippen molar-refractivity contribution < 1.29 is 19.7 Å². The Hall–Kier alpha value is -1.66. The molecule has 16 heavy (non-hydrogen) atoms. The zero-order valence-electron chi connectivity index (χ0n) is 8.83. The predicted octanol–water partition coefficient (Wildman–Crippen LogP) is -0.379. The first-order chi connectivity index (χ1) is 7.57. The molecule has 0 fully saturated rings. The molecule has 6 heteroatoms. The van der Waals surface area contributed by atoms with Crippen LogP contribution in [0.4, 0.5) is 5.69 Å². The summed E-state index contributed by atoms with van der Waals surface area (Å²) < 4.78 is 4.58. The average molecular weight is 226 g/mol. The highest BCUT2D eigenvalue weighted by Crippen LogP contribution is 2.22. The third-order valence-electron chi connectivity index (χ3n) is 2.03. The van der Waals surface area contributed by atoms with E-state index in [9.17, 15) is 15.0 Å². The van der Waals surface area contributed by atoms with Crippen LogP contribution in [-0.2, 0) is 9.53 Å². The average Bonchev–Trinajstić information content (AvgIpc) is 2.28. The molecule has 1 aromatic rings. The largest absolute Gasteiger partial charge is 0.464 e. The van der Waals surface area contributed by atoms with Gasteiger partial charge in [-0.25, -0.2) is 4.79 Å². The van der Waals surface area contributed by atoms with Gasteiger partial charge in [0, 0.05) is 11.8 Å². The first-order valence-electron chi connectivity index (χ1n) is 4.80. The molecule has 0 aliphatic rings. The maximum absolute atomic E-state index is 11.2. The van der Waals surface area contributed by atoms with Gasteiger partial charge in [0.2, 0.25) is 0 Å². The number of aromatic nitrogens is 1. The number of nitrogens with zero attached hydrogens (tertiary/aromatic N) is 1. The highest BCUT2D eigenvalue weighted by Gasteiger charge is 2.28. The zero-order chi connectivity index (χ0) is 12.1. The van der Waals surface area contributed by atoms with Crippen LogP contribution in [0.1, 0.15) is 18.6 Å². The molecule has 1 aromatic heterocycles. The lowest BCUT2D eigenvalue weighted by atomic mass is 10.0. The Balaban J connectivity index is 2.82. The van der Waals surface area contributed by atoms with Crippen LogP contribution in [0.3, 0.4) is 0 Å². The van der Waals surface area contributed by atoms with Gasteiger partial charge in [0.05, 0.1) is 18.5 Å². The van der Waals surface area contributed by atoms with Gasteiger partial charge in [-0.2, -0.15) is 0 Å². The number of anilines is 1. The Kier molecular flexibility index (Phi) is 4.21. The maximum atomic E-state index is 11.2. The summed E-state index contributed by atoms with van der Waals surface area (Å²) in [6.45, 7) is 1.74. The van der Waals surface area contributed by atoms with Gasteiger partial charge in [-0.1, -0.05) is 0 Å². The lowest BCUT2D eigenvalue weighted by Crippen LogP contribution is -2.30. The van der Waals surface area contributed by atoms with E-state index >= 15 is 0 Å². The van der Waals surface area contributed by atoms with Crippen molar-refractivity contribution in [2.45, 2.75) is 19.1 Å². The molecule has 0 aromatic carbocycles. The summed E-state index contributed by atoms with van der Waals surface area (Å²) in [4.78, 5) is 14.9. The Morgan fingerprint density at radius 3 is 2.88 bits per heavy atom. The number of esters is 1. The van der Waals surface area contributed by atoms with Crippen molar-refractivity contribution in [3.8, 4) is 0 Å². The fraction of sp³-hybridized carbons (Fsp3) is 0.400. The number of hydrogen-bond acceptors (Lipinski definition) is 6. The molecule has 88 valence electrons. The molecular formula is C10H14N2O4. The standard InChI is InChI=1S/C10H14N2O4/c1-2-16-10(15)9(14)8(13)6-3-4-12-5-7(6)11/h3-5,8-9,13-14H,2,11H2,1H3. The number of aliphatic hydroxyl groups excluding tert-OH is 2. The molecule has 1 rings (SSSR count). The third-order valence-corrected chi connectivity index (χ3v) is 2.03. The molecule has 0 aliphatic heterocycles. The normalized spacial score (nSPS) is 14.2. The van der Waals surface area contributed by atoms with E-state index in [1.165, 1.54) is 18.5 Å². The summed E-state index contributed by atoms with van der Waals surface area (Å²) in [6.07, 6.45) is -0.324. The van der Waals surface area contributed by atoms with Gasteiger partial charge in [0.15, 0.2) is 6.10 Å². The van der Waals surface area contributed by atoms with Crippen molar-refractivity contribution >= 4 is 11.7 Å². The first-order valence-corrected chi connectivity index (χ1v) is 4.80. The third kappa shape index (κ3) is 2.68. The predicted molar refractivity (Wildman–Crippen MR) is 56.2 cm³/mol. The molecule has 0 amide bonds. The Morgan fingerprint density at radius 1 is 1.62 bits per heavy atom. The number of aliphatic hydroxyl groups is 2. The Bertz CT molecular complexity index is 370. The minimum atomic E-state index is -1.65. The lowest BCUT2D eigenvalue weighted by molar-refractivity contribution is -0.159. The molecule has 4 N–H and O–H groups in total. The van der Waals surface area contributed by atoms with Crippen molar-refractivity contribution in [2.24, 2.45) is 0 Å². The fourth-order valence-electron chi connectivity index (χ4n) is 1.21. The smallest absolute Gasteiger partial charge is 0.338 e. The Morgan fingerprint density at radius 2 is 2.31 bits per heavy atom.